The molecule has 6 heteroatoms. The van der Waals surface area contributed by atoms with Gasteiger partial charge in [0.2, 0.25) is 0 Å². The van der Waals surface area contributed by atoms with Gasteiger partial charge in [-0.15, -0.1) is 0 Å². The Kier molecular flexibility index (Phi) is 4.19. The molecule has 0 aliphatic carbocycles. The summed E-state index contributed by atoms with van der Waals surface area (Å²) in [5, 5.41) is 0. The van der Waals surface area contributed by atoms with Crippen LogP contribution in [0.3, 0.4) is 0 Å². The summed E-state index contributed by atoms with van der Waals surface area (Å²) in [6.07, 6.45) is 1.25. The summed E-state index contributed by atoms with van der Waals surface area (Å²) in [7, 11) is 0. The summed E-state index contributed by atoms with van der Waals surface area (Å²) >= 11 is 0. The Hall–Kier alpha value is -3.28. The molecule has 2 aromatic rings. The third kappa shape index (κ3) is 2.82. The molecule has 0 saturated heterocycles. The monoisotopic (exact) mass is 338 g/mol. The van der Waals surface area contributed by atoms with E-state index in [1.165, 1.54) is 30.7 Å². The molecule has 126 valence electrons. The number of rotatable bonds is 1. The quantitative estimate of drug-likeness (QED) is 0.585. The van der Waals surface area contributed by atoms with Gasteiger partial charge in [-0.3, -0.25) is 0 Å². The van der Waals surface area contributed by atoms with Crippen LogP contribution in [0.15, 0.2) is 36.4 Å². The average Bonchev–Trinajstić information content (AvgIpc) is 3.04. The molecule has 2 aliphatic heterocycles. The number of fused-ring (bicyclic) bond motifs is 2. The Balaban J connectivity index is 0.000000569. The van der Waals surface area contributed by atoms with Crippen LogP contribution in [0.2, 0.25) is 0 Å². The summed E-state index contributed by atoms with van der Waals surface area (Å²) in [5.41, 5.74) is 2.04. The molecule has 0 atom stereocenters. The molecule has 2 aliphatic rings. The van der Waals surface area contributed by atoms with Gasteiger partial charge in [0.05, 0.1) is 22.3 Å². The summed E-state index contributed by atoms with van der Waals surface area (Å²) in [6, 6.07) is 9.31. The minimum absolute atomic E-state index is 0.182. The lowest BCUT2D eigenvalue weighted by atomic mass is 9.97. The summed E-state index contributed by atoms with van der Waals surface area (Å²) in [6.45, 7) is 4.25. The van der Waals surface area contributed by atoms with Gasteiger partial charge in [0.25, 0.3) is 0 Å². The predicted octanol–water partition coefficient (Wildman–Crippen LogP) is 3.39. The molecule has 25 heavy (non-hydrogen) atoms. The molecular weight excluding hydrogens is 324 g/mol. The fraction of sp³-hybridized carbons (Fsp3) is 0.158. The van der Waals surface area contributed by atoms with Crippen molar-refractivity contribution in [2.45, 2.75) is 20.3 Å². The van der Waals surface area contributed by atoms with Gasteiger partial charge in [-0.2, -0.15) is 0 Å². The van der Waals surface area contributed by atoms with Crippen LogP contribution in [0, 0.1) is 0 Å². The van der Waals surface area contributed by atoms with Crippen LogP contribution < -0.4 is 0 Å². The van der Waals surface area contributed by atoms with Crippen molar-refractivity contribution in [1.82, 2.24) is 0 Å². The van der Waals surface area contributed by atoms with Gasteiger partial charge in [0.1, 0.15) is 0 Å². The Labute approximate surface area is 143 Å². The van der Waals surface area contributed by atoms with Crippen molar-refractivity contribution in [3.05, 3.63) is 58.7 Å². The highest BCUT2D eigenvalue weighted by atomic mass is 16.6. The van der Waals surface area contributed by atoms with Crippen LogP contribution >= 0.6 is 0 Å². The maximum absolute atomic E-state index is 11.6. The standard InChI is InChI=1S/C16H6O6.C3H8/c17-13-9-3-1-7(5-11(9)15(19)21-13)8-2-4-10-12(6-8)16(20)22-14(10)18;1-3-2/h1-6H;3H2,1-2H3. The molecule has 0 aromatic heterocycles. The Morgan fingerprint density at radius 2 is 0.920 bits per heavy atom. The van der Waals surface area contributed by atoms with E-state index >= 15 is 0 Å². The zero-order valence-corrected chi connectivity index (χ0v) is 13.6. The molecule has 2 heterocycles. The third-order valence-corrected chi connectivity index (χ3v) is 3.62. The normalized spacial score (nSPS) is 14.3. The number of hydrogen-bond acceptors (Lipinski definition) is 6. The molecule has 6 nitrogen and oxygen atoms in total. The van der Waals surface area contributed by atoms with E-state index in [0.717, 1.165) is 0 Å². The molecule has 0 bridgehead atoms. The van der Waals surface area contributed by atoms with Crippen LogP contribution in [0.1, 0.15) is 61.7 Å². The fourth-order valence-electron chi connectivity index (χ4n) is 2.53. The molecule has 0 fully saturated rings. The van der Waals surface area contributed by atoms with Crippen LogP contribution in [0.25, 0.3) is 11.1 Å². The van der Waals surface area contributed by atoms with Gasteiger partial charge in [0, 0.05) is 0 Å². The number of hydrogen-bond donors (Lipinski definition) is 0. The smallest absolute Gasteiger partial charge is 0.346 e. The topological polar surface area (TPSA) is 86.7 Å². The molecule has 4 rings (SSSR count). The summed E-state index contributed by atoms with van der Waals surface area (Å²) in [5.74, 6) is -2.74. The highest BCUT2D eigenvalue weighted by molar-refractivity contribution is 6.16. The van der Waals surface area contributed by atoms with Gasteiger partial charge in [-0.05, 0) is 35.4 Å². The zero-order valence-electron chi connectivity index (χ0n) is 13.6. The first-order chi connectivity index (χ1) is 12.0. The van der Waals surface area contributed by atoms with E-state index < -0.39 is 23.9 Å². The SMILES string of the molecule is CCC.O=C1OC(=O)c2cc(-c3ccc4c(c3)C(=O)OC4=O)ccc21. The lowest BCUT2D eigenvalue weighted by molar-refractivity contribution is 0.0425. The minimum atomic E-state index is -0.697. The number of carbonyl (C=O) groups is 4. The highest BCUT2D eigenvalue weighted by Crippen LogP contribution is 2.30. The van der Waals surface area contributed by atoms with E-state index in [1.54, 1.807) is 12.1 Å². The van der Waals surface area contributed by atoms with Crippen molar-refractivity contribution < 1.29 is 28.7 Å². The second-order valence-corrected chi connectivity index (χ2v) is 5.58. The van der Waals surface area contributed by atoms with Crippen molar-refractivity contribution in [2.24, 2.45) is 0 Å². The fourth-order valence-corrected chi connectivity index (χ4v) is 2.53. The van der Waals surface area contributed by atoms with Crippen molar-refractivity contribution in [3.63, 3.8) is 0 Å². The van der Waals surface area contributed by atoms with E-state index in [4.69, 9.17) is 0 Å². The second-order valence-electron chi connectivity index (χ2n) is 5.58. The molecule has 0 spiro atoms. The van der Waals surface area contributed by atoms with E-state index in [-0.39, 0.29) is 22.3 Å². The Bertz CT molecular complexity index is 850. The summed E-state index contributed by atoms with van der Waals surface area (Å²) in [4.78, 5) is 46.0. The molecule has 0 unspecified atom stereocenters. The van der Waals surface area contributed by atoms with Gasteiger partial charge >= 0.3 is 23.9 Å². The molecule has 0 saturated carbocycles. The number of carbonyl (C=O) groups excluding carboxylic acids is 4. The molecule has 0 N–H and O–H groups in total. The highest BCUT2D eigenvalue weighted by Gasteiger charge is 2.31. The molecule has 0 amide bonds. The number of ether oxygens (including phenoxy) is 2. The summed E-state index contributed by atoms with van der Waals surface area (Å²) < 4.78 is 9.06. The molecular formula is C19H14O6. The van der Waals surface area contributed by atoms with Crippen molar-refractivity contribution in [3.8, 4) is 11.1 Å². The first-order valence-electron chi connectivity index (χ1n) is 7.77. The van der Waals surface area contributed by atoms with Crippen molar-refractivity contribution in [1.29, 1.82) is 0 Å². The first-order valence-corrected chi connectivity index (χ1v) is 7.77. The van der Waals surface area contributed by atoms with E-state index in [1.807, 2.05) is 0 Å². The predicted molar refractivity (Wildman–Crippen MR) is 87.3 cm³/mol. The number of esters is 4. The van der Waals surface area contributed by atoms with Gasteiger partial charge in [-0.1, -0.05) is 32.4 Å². The van der Waals surface area contributed by atoms with Gasteiger partial charge in [-0.25, -0.2) is 19.2 Å². The van der Waals surface area contributed by atoms with Crippen LogP contribution in [0.5, 0.6) is 0 Å². The lowest BCUT2D eigenvalue weighted by Crippen LogP contribution is -1.97. The maximum Gasteiger partial charge on any atom is 0.346 e. The van der Waals surface area contributed by atoms with Gasteiger partial charge in [0.15, 0.2) is 0 Å². The minimum Gasteiger partial charge on any atom is -0.386 e. The second kappa shape index (κ2) is 6.32. The van der Waals surface area contributed by atoms with E-state index in [2.05, 4.69) is 23.3 Å². The number of benzene rings is 2. The number of cyclic esters (lactones) is 4. The third-order valence-electron chi connectivity index (χ3n) is 3.62. The largest absolute Gasteiger partial charge is 0.386 e. The van der Waals surface area contributed by atoms with E-state index in [9.17, 15) is 19.2 Å². The molecule has 0 radical (unpaired) electrons. The Morgan fingerprint density at radius 1 is 0.600 bits per heavy atom. The van der Waals surface area contributed by atoms with Crippen LogP contribution in [-0.2, 0) is 9.47 Å². The first kappa shape index (κ1) is 16.6. The zero-order chi connectivity index (χ0) is 18.1. The van der Waals surface area contributed by atoms with Crippen LogP contribution in [0.4, 0.5) is 0 Å². The average molecular weight is 338 g/mol. The molecule has 2 aromatic carbocycles. The van der Waals surface area contributed by atoms with E-state index in [0.29, 0.717) is 11.1 Å². The van der Waals surface area contributed by atoms with Gasteiger partial charge < -0.3 is 9.47 Å². The maximum atomic E-state index is 11.6. The van der Waals surface area contributed by atoms with Crippen molar-refractivity contribution >= 4 is 23.9 Å². The van der Waals surface area contributed by atoms with Crippen LogP contribution in [-0.4, -0.2) is 23.9 Å². The lowest BCUT2D eigenvalue weighted by Gasteiger charge is -2.04. The Morgan fingerprint density at radius 3 is 1.28 bits per heavy atom. The van der Waals surface area contributed by atoms with Crippen molar-refractivity contribution in [2.75, 3.05) is 0 Å².